The molecule has 0 radical (unpaired) electrons. The first-order chi connectivity index (χ1) is 9.94. The molecule has 4 nitrogen and oxygen atoms in total. The number of methoxy groups -OCH3 is 1. The van der Waals surface area contributed by atoms with Gasteiger partial charge in [-0.2, -0.15) is 0 Å². The molecule has 0 saturated carbocycles. The first-order valence-corrected chi connectivity index (χ1v) is 7.96. The van der Waals surface area contributed by atoms with Gasteiger partial charge in [-0.15, -0.1) is 0 Å². The van der Waals surface area contributed by atoms with E-state index in [0.717, 1.165) is 6.07 Å². The van der Waals surface area contributed by atoms with Crippen molar-refractivity contribution >= 4 is 9.84 Å². The van der Waals surface area contributed by atoms with E-state index in [9.17, 15) is 12.8 Å². The third-order valence-corrected chi connectivity index (χ3v) is 4.91. The fraction of sp³-hybridized carbons (Fsp3) is 0.200. The molecular weight excluding hydrogens is 293 g/mol. The Kier molecular flexibility index (Phi) is 4.59. The van der Waals surface area contributed by atoms with E-state index in [2.05, 4.69) is 0 Å². The molecule has 0 aliphatic carbocycles. The molecule has 0 heterocycles. The summed E-state index contributed by atoms with van der Waals surface area (Å²) in [6.07, 6.45) is 0. The highest BCUT2D eigenvalue weighted by Crippen LogP contribution is 2.22. The highest BCUT2D eigenvalue weighted by molar-refractivity contribution is 7.91. The van der Waals surface area contributed by atoms with Gasteiger partial charge in [0.1, 0.15) is 16.5 Å². The molecule has 21 heavy (non-hydrogen) atoms. The molecule has 6 heteroatoms. The van der Waals surface area contributed by atoms with Crippen molar-refractivity contribution in [3.8, 4) is 5.75 Å². The summed E-state index contributed by atoms with van der Waals surface area (Å²) in [5.41, 5.74) is 6.57. The number of benzene rings is 2. The van der Waals surface area contributed by atoms with Gasteiger partial charge in [0.15, 0.2) is 9.84 Å². The van der Waals surface area contributed by atoms with Crippen molar-refractivity contribution in [3.63, 3.8) is 0 Å². The zero-order valence-corrected chi connectivity index (χ0v) is 12.3. The van der Waals surface area contributed by atoms with Crippen molar-refractivity contribution in [2.75, 3.05) is 12.9 Å². The third-order valence-electron chi connectivity index (χ3n) is 3.11. The quantitative estimate of drug-likeness (QED) is 0.920. The first kappa shape index (κ1) is 15.5. The van der Waals surface area contributed by atoms with Crippen LogP contribution in [-0.2, 0) is 9.84 Å². The largest absolute Gasteiger partial charge is 0.497 e. The summed E-state index contributed by atoms with van der Waals surface area (Å²) in [6, 6.07) is 11.3. The van der Waals surface area contributed by atoms with Crippen molar-refractivity contribution in [3.05, 3.63) is 59.9 Å². The Morgan fingerprint density at radius 2 is 1.76 bits per heavy atom. The SMILES string of the molecule is COc1ccc(C(N)CS(=O)(=O)c2ccccc2F)cc1. The van der Waals surface area contributed by atoms with Crippen molar-refractivity contribution in [2.24, 2.45) is 5.73 Å². The molecule has 0 spiro atoms. The Bertz CT molecular complexity index is 714. The maximum Gasteiger partial charge on any atom is 0.183 e. The van der Waals surface area contributed by atoms with Crippen LogP contribution >= 0.6 is 0 Å². The minimum absolute atomic E-state index is 0.325. The van der Waals surface area contributed by atoms with Gasteiger partial charge in [0.2, 0.25) is 0 Å². The van der Waals surface area contributed by atoms with Gasteiger partial charge in [0, 0.05) is 6.04 Å². The van der Waals surface area contributed by atoms with Gasteiger partial charge < -0.3 is 10.5 Å². The summed E-state index contributed by atoms with van der Waals surface area (Å²) in [5.74, 6) is -0.470. The van der Waals surface area contributed by atoms with Crippen molar-refractivity contribution in [1.29, 1.82) is 0 Å². The van der Waals surface area contributed by atoms with Crippen LogP contribution in [0.1, 0.15) is 11.6 Å². The Morgan fingerprint density at radius 3 is 2.33 bits per heavy atom. The molecule has 0 fully saturated rings. The molecule has 0 amide bonds. The number of halogens is 1. The predicted octanol–water partition coefficient (Wildman–Crippen LogP) is 2.31. The molecule has 1 unspecified atom stereocenters. The lowest BCUT2D eigenvalue weighted by Crippen LogP contribution is -2.22. The van der Waals surface area contributed by atoms with Gasteiger partial charge in [-0.3, -0.25) is 0 Å². The Hall–Kier alpha value is -1.92. The van der Waals surface area contributed by atoms with Crippen LogP contribution in [0.2, 0.25) is 0 Å². The minimum atomic E-state index is -3.79. The molecule has 0 bridgehead atoms. The average Bonchev–Trinajstić information content (AvgIpc) is 2.47. The van der Waals surface area contributed by atoms with E-state index in [0.29, 0.717) is 11.3 Å². The summed E-state index contributed by atoms with van der Waals surface area (Å²) >= 11 is 0. The van der Waals surface area contributed by atoms with E-state index < -0.39 is 21.7 Å². The summed E-state index contributed by atoms with van der Waals surface area (Å²) in [5, 5.41) is 0. The molecule has 0 aliphatic rings. The summed E-state index contributed by atoms with van der Waals surface area (Å²) < 4.78 is 43.1. The van der Waals surface area contributed by atoms with E-state index in [1.54, 1.807) is 24.3 Å². The van der Waals surface area contributed by atoms with E-state index in [1.165, 1.54) is 25.3 Å². The van der Waals surface area contributed by atoms with Crippen molar-refractivity contribution in [1.82, 2.24) is 0 Å². The van der Waals surface area contributed by atoms with Gasteiger partial charge in [-0.25, -0.2) is 12.8 Å². The number of sulfone groups is 1. The lowest BCUT2D eigenvalue weighted by molar-refractivity contribution is 0.414. The zero-order chi connectivity index (χ0) is 15.5. The standard InChI is InChI=1S/C15H16FNO3S/c1-20-12-8-6-11(7-9-12)14(17)10-21(18,19)15-5-3-2-4-13(15)16/h2-9,14H,10,17H2,1H3. The monoisotopic (exact) mass is 309 g/mol. The molecule has 112 valence electrons. The zero-order valence-electron chi connectivity index (χ0n) is 11.5. The fourth-order valence-corrected chi connectivity index (χ4v) is 3.47. The van der Waals surface area contributed by atoms with Crippen LogP contribution in [0.4, 0.5) is 4.39 Å². The Labute approximate surface area is 123 Å². The van der Waals surface area contributed by atoms with Gasteiger partial charge in [0.25, 0.3) is 0 Å². The van der Waals surface area contributed by atoms with Crippen LogP contribution in [0.25, 0.3) is 0 Å². The van der Waals surface area contributed by atoms with Gasteiger partial charge in [-0.1, -0.05) is 24.3 Å². The molecular formula is C15H16FNO3S. The minimum Gasteiger partial charge on any atom is -0.497 e. The number of nitrogens with two attached hydrogens (primary N) is 1. The fourth-order valence-electron chi connectivity index (χ4n) is 1.97. The third kappa shape index (κ3) is 3.59. The molecule has 2 N–H and O–H groups in total. The molecule has 2 aromatic carbocycles. The smallest absolute Gasteiger partial charge is 0.183 e. The number of hydrogen-bond acceptors (Lipinski definition) is 4. The number of rotatable bonds is 5. The molecule has 1 atom stereocenters. The van der Waals surface area contributed by atoms with Crippen LogP contribution in [0.3, 0.4) is 0 Å². The molecule has 2 aromatic rings. The second-order valence-corrected chi connectivity index (χ2v) is 6.59. The van der Waals surface area contributed by atoms with Crippen molar-refractivity contribution < 1.29 is 17.5 Å². The molecule has 0 saturated heterocycles. The lowest BCUT2D eigenvalue weighted by atomic mass is 10.1. The van der Waals surface area contributed by atoms with E-state index in [1.807, 2.05) is 0 Å². The number of hydrogen-bond donors (Lipinski definition) is 1. The Morgan fingerprint density at radius 1 is 1.14 bits per heavy atom. The average molecular weight is 309 g/mol. The summed E-state index contributed by atoms with van der Waals surface area (Å²) in [4.78, 5) is -0.325. The Balaban J connectivity index is 2.21. The molecule has 2 rings (SSSR count). The molecule has 0 aromatic heterocycles. The van der Waals surface area contributed by atoms with Crippen LogP contribution in [0.5, 0.6) is 5.75 Å². The van der Waals surface area contributed by atoms with Gasteiger partial charge in [-0.05, 0) is 29.8 Å². The normalized spacial score (nSPS) is 12.9. The van der Waals surface area contributed by atoms with Crippen molar-refractivity contribution in [2.45, 2.75) is 10.9 Å². The van der Waals surface area contributed by atoms with Crippen LogP contribution < -0.4 is 10.5 Å². The van der Waals surface area contributed by atoms with E-state index in [4.69, 9.17) is 10.5 Å². The topological polar surface area (TPSA) is 69.4 Å². The van der Waals surface area contributed by atoms with Crippen LogP contribution in [0.15, 0.2) is 53.4 Å². The second kappa shape index (κ2) is 6.24. The maximum absolute atomic E-state index is 13.6. The van der Waals surface area contributed by atoms with Gasteiger partial charge >= 0.3 is 0 Å². The summed E-state index contributed by atoms with van der Waals surface area (Å²) in [6.45, 7) is 0. The maximum atomic E-state index is 13.6. The molecule has 0 aliphatic heterocycles. The van der Waals surface area contributed by atoms with Crippen LogP contribution in [0, 0.1) is 5.82 Å². The van der Waals surface area contributed by atoms with Crippen LogP contribution in [-0.4, -0.2) is 21.3 Å². The first-order valence-electron chi connectivity index (χ1n) is 6.31. The van der Waals surface area contributed by atoms with Gasteiger partial charge in [0.05, 0.1) is 12.9 Å². The lowest BCUT2D eigenvalue weighted by Gasteiger charge is -2.13. The van der Waals surface area contributed by atoms with E-state index in [-0.39, 0.29) is 10.6 Å². The van der Waals surface area contributed by atoms with E-state index >= 15 is 0 Å². The highest BCUT2D eigenvalue weighted by atomic mass is 32.2. The summed E-state index contributed by atoms with van der Waals surface area (Å²) in [7, 11) is -2.25. The number of ether oxygens (including phenoxy) is 1. The second-order valence-electron chi connectivity index (χ2n) is 4.59. The highest BCUT2D eigenvalue weighted by Gasteiger charge is 2.22. The predicted molar refractivity (Wildman–Crippen MR) is 78.4 cm³/mol.